The summed E-state index contributed by atoms with van der Waals surface area (Å²) in [5.74, 6) is 0.679. The van der Waals surface area contributed by atoms with Gasteiger partial charge in [-0.05, 0) is 36.4 Å². The van der Waals surface area contributed by atoms with Crippen LogP contribution in [0.2, 0.25) is 5.02 Å². The van der Waals surface area contributed by atoms with Gasteiger partial charge in [-0.1, -0.05) is 16.8 Å². The van der Waals surface area contributed by atoms with Crippen LogP contribution in [0.1, 0.15) is 0 Å². The van der Waals surface area contributed by atoms with Gasteiger partial charge in [-0.2, -0.15) is 0 Å². The van der Waals surface area contributed by atoms with E-state index < -0.39 is 0 Å². The topological polar surface area (TPSA) is 35.3 Å². The van der Waals surface area contributed by atoms with Gasteiger partial charge in [0.2, 0.25) is 0 Å². The molecule has 3 rings (SSSR count). The molecular formula is C14H9ClFNO2. The fraction of sp³-hybridized carbons (Fsp3) is 0.0714. The largest absolute Gasteiger partial charge is 0.496 e. The Bertz CT molecular complexity index is 754. The lowest BCUT2D eigenvalue weighted by Crippen LogP contribution is -1.87. The number of fused-ring (bicyclic) bond motifs is 1. The summed E-state index contributed by atoms with van der Waals surface area (Å²) in [7, 11) is 1.55. The quantitative estimate of drug-likeness (QED) is 0.701. The second-order valence-corrected chi connectivity index (χ2v) is 4.45. The summed E-state index contributed by atoms with van der Waals surface area (Å²) in [6.07, 6.45) is 0. The van der Waals surface area contributed by atoms with Crippen molar-refractivity contribution in [2.75, 3.05) is 7.11 Å². The summed E-state index contributed by atoms with van der Waals surface area (Å²) in [5.41, 5.74) is 1.22. The molecule has 0 spiro atoms. The lowest BCUT2D eigenvalue weighted by molar-refractivity contribution is 0.408. The van der Waals surface area contributed by atoms with E-state index in [1.54, 1.807) is 31.4 Å². The minimum atomic E-state index is -0.349. The molecule has 0 aliphatic rings. The van der Waals surface area contributed by atoms with Gasteiger partial charge in [0, 0.05) is 5.02 Å². The van der Waals surface area contributed by atoms with E-state index in [0.717, 1.165) is 0 Å². The van der Waals surface area contributed by atoms with E-state index in [1.807, 2.05) is 0 Å². The van der Waals surface area contributed by atoms with Gasteiger partial charge in [0.15, 0.2) is 5.76 Å². The maximum absolute atomic E-state index is 13.3. The van der Waals surface area contributed by atoms with Crippen molar-refractivity contribution in [1.82, 2.24) is 5.16 Å². The molecule has 3 nitrogen and oxygen atoms in total. The lowest BCUT2D eigenvalue weighted by atomic mass is 10.1. The molecule has 0 aliphatic carbocycles. The molecule has 0 N–H and O–H groups in total. The van der Waals surface area contributed by atoms with Crippen LogP contribution in [0, 0.1) is 5.82 Å². The fourth-order valence-corrected chi connectivity index (χ4v) is 2.14. The Kier molecular flexibility index (Phi) is 2.87. The molecule has 0 saturated heterocycles. The first-order valence-electron chi connectivity index (χ1n) is 5.58. The molecule has 19 heavy (non-hydrogen) atoms. The summed E-state index contributed by atoms with van der Waals surface area (Å²) < 4.78 is 23.9. The monoisotopic (exact) mass is 277 g/mol. The zero-order valence-corrected chi connectivity index (χ0v) is 10.7. The minimum Gasteiger partial charge on any atom is -0.496 e. The Labute approximate surface area is 113 Å². The summed E-state index contributed by atoms with van der Waals surface area (Å²) in [6, 6.07) is 9.42. The predicted octanol–water partition coefficient (Wildman–Crippen LogP) is 4.30. The van der Waals surface area contributed by atoms with Crippen molar-refractivity contribution < 1.29 is 13.7 Å². The molecule has 0 fully saturated rings. The van der Waals surface area contributed by atoms with E-state index >= 15 is 0 Å². The molecule has 96 valence electrons. The number of halogens is 2. The van der Waals surface area contributed by atoms with Crippen molar-refractivity contribution in [1.29, 1.82) is 0 Å². The van der Waals surface area contributed by atoms with Crippen molar-refractivity contribution >= 4 is 22.5 Å². The predicted molar refractivity (Wildman–Crippen MR) is 71.0 cm³/mol. The van der Waals surface area contributed by atoms with Gasteiger partial charge < -0.3 is 9.26 Å². The Balaban J connectivity index is 2.29. The molecule has 1 aromatic heterocycles. The Hall–Kier alpha value is -2.07. The Morgan fingerprint density at radius 2 is 2.05 bits per heavy atom. The summed E-state index contributed by atoms with van der Waals surface area (Å²) in [4.78, 5) is 0. The van der Waals surface area contributed by atoms with Crippen LogP contribution in [0.15, 0.2) is 40.9 Å². The molecular weight excluding hydrogens is 269 g/mol. The van der Waals surface area contributed by atoms with Gasteiger partial charge in [-0.25, -0.2) is 4.39 Å². The number of rotatable bonds is 2. The van der Waals surface area contributed by atoms with Gasteiger partial charge in [0.25, 0.3) is 0 Å². The van der Waals surface area contributed by atoms with E-state index in [9.17, 15) is 4.39 Å². The first-order chi connectivity index (χ1) is 9.19. The van der Waals surface area contributed by atoms with Crippen LogP contribution >= 0.6 is 11.6 Å². The molecule has 0 aliphatic heterocycles. The normalized spacial score (nSPS) is 10.9. The smallest absolute Gasteiger partial charge is 0.178 e. The molecule has 0 unspecified atom stereocenters. The van der Waals surface area contributed by atoms with Crippen LogP contribution in [0.5, 0.6) is 5.75 Å². The highest BCUT2D eigenvalue weighted by atomic mass is 35.5. The van der Waals surface area contributed by atoms with Crippen LogP contribution in [-0.2, 0) is 0 Å². The third-order valence-electron chi connectivity index (χ3n) is 2.84. The van der Waals surface area contributed by atoms with E-state index in [-0.39, 0.29) is 5.82 Å². The lowest BCUT2D eigenvalue weighted by Gasteiger charge is -2.06. The highest BCUT2D eigenvalue weighted by molar-refractivity contribution is 6.31. The van der Waals surface area contributed by atoms with Crippen LogP contribution < -0.4 is 4.74 Å². The van der Waals surface area contributed by atoms with Gasteiger partial charge in [0.1, 0.15) is 17.1 Å². The highest BCUT2D eigenvalue weighted by Gasteiger charge is 2.16. The van der Waals surface area contributed by atoms with Crippen LogP contribution in [-0.4, -0.2) is 12.3 Å². The van der Waals surface area contributed by atoms with E-state index in [4.69, 9.17) is 20.9 Å². The second kappa shape index (κ2) is 4.55. The van der Waals surface area contributed by atoms with Crippen molar-refractivity contribution in [3.8, 4) is 17.1 Å². The fourth-order valence-electron chi connectivity index (χ4n) is 1.97. The zero-order valence-electron chi connectivity index (χ0n) is 9.98. The maximum atomic E-state index is 13.3. The first-order valence-corrected chi connectivity index (χ1v) is 5.95. The number of ether oxygens (including phenoxy) is 1. The third-order valence-corrected chi connectivity index (χ3v) is 3.08. The molecule has 0 saturated carbocycles. The molecule has 1 heterocycles. The molecule has 0 bridgehead atoms. The standard InChI is InChI=1S/C14H9ClFNO2/c1-18-13-5-2-8(15)6-11(13)14-10-7-9(16)3-4-12(10)17-19-14/h2-7H,1H3. The SMILES string of the molecule is COc1ccc(Cl)cc1-c1onc2ccc(F)cc12. The molecule has 2 aromatic carbocycles. The van der Waals surface area contributed by atoms with Crippen molar-refractivity contribution in [2.24, 2.45) is 0 Å². The summed E-state index contributed by atoms with van der Waals surface area (Å²) in [6.45, 7) is 0. The summed E-state index contributed by atoms with van der Waals surface area (Å²) in [5, 5.41) is 5.02. The molecule has 3 aromatic rings. The van der Waals surface area contributed by atoms with E-state index in [0.29, 0.717) is 33.0 Å². The van der Waals surface area contributed by atoms with Crippen molar-refractivity contribution in [3.05, 3.63) is 47.2 Å². The molecule has 5 heteroatoms. The van der Waals surface area contributed by atoms with Crippen LogP contribution in [0.25, 0.3) is 22.2 Å². The average molecular weight is 278 g/mol. The second-order valence-electron chi connectivity index (χ2n) is 4.02. The van der Waals surface area contributed by atoms with Gasteiger partial charge in [-0.3, -0.25) is 0 Å². The van der Waals surface area contributed by atoms with Crippen molar-refractivity contribution in [3.63, 3.8) is 0 Å². The number of aromatic nitrogens is 1. The van der Waals surface area contributed by atoms with Crippen LogP contribution in [0.4, 0.5) is 4.39 Å². The number of hydrogen-bond donors (Lipinski definition) is 0. The van der Waals surface area contributed by atoms with Crippen molar-refractivity contribution in [2.45, 2.75) is 0 Å². The first kappa shape index (κ1) is 12.0. The van der Waals surface area contributed by atoms with E-state index in [2.05, 4.69) is 5.16 Å². The van der Waals surface area contributed by atoms with Gasteiger partial charge >= 0.3 is 0 Å². The molecule has 0 radical (unpaired) electrons. The number of methoxy groups -OCH3 is 1. The maximum Gasteiger partial charge on any atom is 0.178 e. The van der Waals surface area contributed by atoms with Crippen LogP contribution in [0.3, 0.4) is 0 Å². The number of nitrogens with zero attached hydrogens (tertiary/aromatic N) is 1. The zero-order chi connectivity index (χ0) is 13.4. The number of benzene rings is 2. The Morgan fingerprint density at radius 3 is 2.84 bits per heavy atom. The summed E-state index contributed by atoms with van der Waals surface area (Å²) >= 11 is 5.98. The number of hydrogen-bond acceptors (Lipinski definition) is 3. The Morgan fingerprint density at radius 1 is 1.21 bits per heavy atom. The van der Waals surface area contributed by atoms with E-state index in [1.165, 1.54) is 12.1 Å². The third kappa shape index (κ3) is 2.04. The van der Waals surface area contributed by atoms with Gasteiger partial charge in [-0.15, -0.1) is 0 Å². The molecule has 0 atom stereocenters. The van der Waals surface area contributed by atoms with Gasteiger partial charge in [0.05, 0.1) is 18.1 Å². The highest BCUT2D eigenvalue weighted by Crippen LogP contribution is 2.36. The minimum absolute atomic E-state index is 0.349. The average Bonchev–Trinajstić information content (AvgIpc) is 2.81. The molecule has 0 amide bonds.